The van der Waals surface area contributed by atoms with Gasteiger partial charge in [-0.25, -0.2) is 4.79 Å². The molecule has 1 spiro atoms. The number of piperidine rings is 1. The van der Waals surface area contributed by atoms with Crippen molar-refractivity contribution >= 4 is 29.7 Å². The summed E-state index contributed by atoms with van der Waals surface area (Å²) < 4.78 is 6.06. The van der Waals surface area contributed by atoms with Gasteiger partial charge in [-0.2, -0.15) is 0 Å². The fourth-order valence-electron chi connectivity index (χ4n) is 3.99. The highest BCUT2D eigenvalue weighted by atomic mass is 16.5. The summed E-state index contributed by atoms with van der Waals surface area (Å²) in [6.45, 7) is 2.53. The van der Waals surface area contributed by atoms with Gasteiger partial charge in [0.2, 0.25) is 0 Å². The topological polar surface area (TPSA) is 146 Å². The maximum Gasteiger partial charge on any atom is 0.335 e. The quantitative estimate of drug-likeness (QED) is 0.440. The van der Waals surface area contributed by atoms with E-state index < -0.39 is 17.6 Å². The summed E-state index contributed by atoms with van der Waals surface area (Å²) in [4.78, 5) is 38.4. The molecular formula is C22H22N4O5. The number of ether oxygens (including phenoxy) is 1. The van der Waals surface area contributed by atoms with Gasteiger partial charge >= 0.3 is 5.97 Å². The van der Waals surface area contributed by atoms with Crippen LogP contribution in [0, 0.1) is 12.3 Å². The van der Waals surface area contributed by atoms with Gasteiger partial charge < -0.3 is 31.2 Å². The number of hydrogen-bond acceptors (Lipinski definition) is 6. The lowest BCUT2D eigenvalue weighted by atomic mass is 9.95. The number of nitrogens with one attached hydrogen (secondary N) is 2. The van der Waals surface area contributed by atoms with E-state index >= 15 is 0 Å². The van der Waals surface area contributed by atoms with Gasteiger partial charge in [-0.05, 0) is 42.8 Å². The highest BCUT2D eigenvalue weighted by Gasteiger charge is 2.43. The molecule has 0 aromatic heterocycles. The van der Waals surface area contributed by atoms with Crippen LogP contribution in [0.4, 0.5) is 5.69 Å². The number of carbonyl (C=O) groups excluding carboxylic acids is 2. The minimum atomic E-state index is -1.12. The van der Waals surface area contributed by atoms with Crippen molar-refractivity contribution in [3.8, 4) is 5.75 Å². The van der Waals surface area contributed by atoms with E-state index in [1.807, 2.05) is 0 Å². The first-order valence-corrected chi connectivity index (χ1v) is 9.82. The molecule has 0 atom stereocenters. The van der Waals surface area contributed by atoms with Crippen LogP contribution in [0.3, 0.4) is 0 Å². The van der Waals surface area contributed by atoms with Crippen LogP contribution in [0.25, 0.3) is 0 Å². The Kier molecular flexibility index (Phi) is 4.88. The second kappa shape index (κ2) is 7.42. The molecule has 2 aliphatic heterocycles. The summed E-state index contributed by atoms with van der Waals surface area (Å²) in [5.74, 6) is -1.35. The van der Waals surface area contributed by atoms with E-state index in [4.69, 9.17) is 21.0 Å². The Hall–Kier alpha value is -3.88. The molecule has 4 rings (SSSR count). The molecule has 2 aromatic rings. The molecule has 9 nitrogen and oxygen atoms in total. The molecule has 1 saturated heterocycles. The summed E-state index contributed by atoms with van der Waals surface area (Å²) in [6.07, 6.45) is 1.90. The van der Waals surface area contributed by atoms with Crippen LogP contribution in [0.5, 0.6) is 5.75 Å². The summed E-state index contributed by atoms with van der Waals surface area (Å²) in [6, 6.07) is 7.51. The second-order valence-corrected chi connectivity index (χ2v) is 7.80. The Morgan fingerprint density at radius 2 is 1.94 bits per heavy atom. The molecule has 2 aliphatic rings. The van der Waals surface area contributed by atoms with E-state index in [0.29, 0.717) is 48.5 Å². The van der Waals surface area contributed by atoms with Gasteiger partial charge in [-0.3, -0.25) is 9.59 Å². The van der Waals surface area contributed by atoms with Crippen LogP contribution in [-0.2, 0) is 0 Å². The fourth-order valence-corrected chi connectivity index (χ4v) is 3.99. The average molecular weight is 422 g/mol. The number of nitrogens with zero attached hydrogens (tertiary/aromatic N) is 1. The van der Waals surface area contributed by atoms with Gasteiger partial charge in [0.1, 0.15) is 5.75 Å². The summed E-state index contributed by atoms with van der Waals surface area (Å²) in [5.41, 5.74) is 7.37. The van der Waals surface area contributed by atoms with Crippen molar-refractivity contribution < 1.29 is 24.2 Å². The molecule has 0 radical (unpaired) electrons. The second-order valence-electron chi connectivity index (χ2n) is 7.80. The smallest absolute Gasteiger partial charge is 0.335 e. The molecule has 1 fully saturated rings. The Morgan fingerprint density at radius 1 is 1.23 bits per heavy atom. The Balaban J connectivity index is 1.50. The van der Waals surface area contributed by atoms with Gasteiger partial charge in [-0.1, -0.05) is 0 Å². The molecule has 0 bridgehead atoms. The number of fused-ring (bicyclic) bond motifs is 1. The maximum absolute atomic E-state index is 13.0. The average Bonchev–Trinajstić information content (AvgIpc) is 2.75. The largest absolute Gasteiger partial charge is 0.478 e. The van der Waals surface area contributed by atoms with Crippen LogP contribution >= 0.6 is 0 Å². The normalized spacial score (nSPS) is 16.8. The third kappa shape index (κ3) is 3.58. The summed E-state index contributed by atoms with van der Waals surface area (Å²) >= 11 is 0. The van der Waals surface area contributed by atoms with Crippen molar-refractivity contribution in [1.29, 1.82) is 5.41 Å². The number of anilines is 1. The van der Waals surface area contributed by atoms with Crippen LogP contribution < -0.4 is 15.8 Å². The molecule has 31 heavy (non-hydrogen) atoms. The van der Waals surface area contributed by atoms with E-state index in [9.17, 15) is 14.4 Å². The number of likely N-dealkylation sites (tertiary alicyclic amines) is 1. The van der Waals surface area contributed by atoms with Crippen LogP contribution in [-0.4, -0.2) is 52.8 Å². The first-order chi connectivity index (χ1) is 14.7. The summed E-state index contributed by atoms with van der Waals surface area (Å²) in [7, 11) is 0. The number of benzene rings is 2. The first kappa shape index (κ1) is 20.4. The number of rotatable bonds is 3. The molecule has 160 valence electrons. The lowest BCUT2D eigenvalue weighted by Crippen LogP contribution is -2.61. The molecule has 0 unspecified atom stereocenters. The first-order valence-electron chi connectivity index (χ1n) is 9.82. The summed E-state index contributed by atoms with van der Waals surface area (Å²) in [5, 5.41) is 19.5. The molecule has 5 N–H and O–H groups in total. The van der Waals surface area contributed by atoms with Gasteiger partial charge in [0.15, 0.2) is 5.72 Å². The van der Waals surface area contributed by atoms with Crippen molar-refractivity contribution in [3.05, 3.63) is 58.1 Å². The zero-order chi connectivity index (χ0) is 22.3. The van der Waals surface area contributed by atoms with Crippen LogP contribution in [0.15, 0.2) is 30.3 Å². The minimum Gasteiger partial charge on any atom is -0.478 e. The number of nitrogens with two attached hydrogens (primary N) is 1. The zero-order valence-corrected chi connectivity index (χ0v) is 16.9. The zero-order valence-electron chi connectivity index (χ0n) is 16.9. The van der Waals surface area contributed by atoms with Gasteiger partial charge in [0.05, 0.1) is 11.1 Å². The third-order valence-electron chi connectivity index (χ3n) is 5.80. The van der Waals surface area contributed by atoms with Crippen molar-refractivity contribution in [2.24, 2.45) is 0 Å². The highest BCUT2D eigenvalue weighted by molar-refractivity contribution is 6.01. The van der Waals surface area contributed by atoms with Crippen LogP contribution in [0.2, 0.25) is 0 Å². The lowest BCUT2D eigenvalue weighted by Gasteiger charge is -2.44. The number of carboxylic acids is 1. The lowest BCUT2D eigenvalue weighted by molar-refractivity contribution is -0.0245. The third-order valence-corrected chi connectivity index (χ3v) is 5.80. The number of aromatic carboxylic acids is 1. The number of nitrogen functional groups attached to an aromatic ring is 1. The Morgan fingerprint density at radius 3 is 2.58 bits per heavy atom. The highest BCUT2D eigenvalue weighted by Crippen LogP contribution is 2.34. The number of carboxylic acid groups (broad SMARTS) is 1. The molecule has 2 heterocycles. The van der Waals surface area contributed by atoms with Crippen molar-refractivity contribution in [2.45, 2.75) is 25.5 Å². The van der Waals surface area contributed by atoms with Crippen molar-refractivity contribution in [3.63, 3.8) is 0 Å². The predicted molar refractivity (Wildman–Crippen MR) is 113 cm³/mol. The Labute approximate surface area is 178 Å². The molecule has 2 aromatic carbocycles. The molecular weight excluding hydrogens is 400 g/mol. The number of amides is 2. The van der Waals surface area contributed by atoms with Crippen molar-refractivity contribution in [1.82, 2.24) is 10.2 Å². The van der Waals surface area contributed by atoms with E-state index in [0.717, 1.165) is 11.8 Å². The molecule has 2 amide bonds. The monoisotopic (exact) mass is 422 g/mol. The number of aryl methyl sites for hydroxylation is 1. The Bertz CT molecular complexity index is 1120. The van der Waals surface area contributed by atoms with E-state index in [1.54, 1.807) is 24.0 Å². The van der Waals surface area contributed by atoms with Gasteiger partial charge in [-0.15, -0.1) is 0 Å². The van der Waals surface area contributed by atoms with E-state index in [-0.39, 0.29) is 17.0 Å². The van der Waals surface area contributed by atoms with Crippen LogP contribution in [0.1, 0.15) is 55.0 Å². The predicted octanol–water partition coefficient (Wildman–Crippen LogP) is 2.03. The standard InChI is InChI=1S/C22H22N4O5/c1-12-8-14(9-15(11-23)18(12)24)20(28)26-6-4-22(5-7-26)25-19(27)16-10-13(21(29)30)2-3-17(16)31-22/h2-3,8-11,23H,4-7,24H2,1H3,(H,25,27)(H,29,30). The van der Waals surface area contributed by atoms with E-state index in [1.165, 1.54) is 18.2 Å². The van der Waals surface area contributed by atoms with E-state index in [2.05, 4.69) is 5.32 Å². The molecule has 0 saturated carbocycles. The number of hydrogen-bond donors (Lipinski definition) is 4. The number of carbonyl (C=O) groups is 3. The fraction of sp³-hybridized carbons (Fsp3) is 0.273. The molecule has 9 heteroatoms. The SMILES string of the molecule is Cc1cc(C(=O)N2CCC3(CC2)NC(=O)c2cc(C(=O)O)ccc2O3)cc(C=N)c1N. The van der Waals surface area contributed by atoms with Crippen molar-refractivity contribution in [2.75, 3.05) is 18.8 Å². The maximum atomic E-state index is 13.0. The minimum absolute atomic E-state index is 0.0111. The van der Waals surface area contributed by atoms with Gasteiger partial charge in [0, 0.05) is 49.0 Å². The van der Waals surface area contributed by atoms with Gasteiger partial charge in [0.25, 0.3) is 11.8 Å². The molecule has 0 aliphatic carbocycles.